The number of methoxy groups -OCH3 is 1. The van der Waals surface area contributed by atoms with Crippen LogP contribution in [0.5, 0.6) is 5.75 Å². The van der Waals surface area contributed by atoms with Gasteiger partial charge in [0, 0.05) is 29.3 Å². The lowest BCUT2D eigenvalue weighted by atomic mass is 9.77. The number of thiazole rings is 2. The minimum Gasteiger partial charge on any atom is -0.497 e. The summed E-state index contributed by atoms with van der Waals surface area (Å²) in [6, 6.07) is 56.6. The van der Waals surface area contributed by atoms with Crippen molar-refractivity contribution in [3.05, 3.63) is 250 Å². The Bertz CT molecular complexity index is 3570. The number of benzene rings is 6. The van der Waals surface area contributed by atoms with Gasteiger partial charge in [-0.15, -0.1) is 34.4 Å². The molecule has 6 aromatic carbocycles. The van der Waals surface area contributed by atoms with Gasteiger partial charge in [0.1, 0.15) is 40.7 Å². The third kappa shape index (κ3) is 11.8. The summed E-state index contributed by atoms with van der Waals surface area (Å²) >= 11 is 5.58. The lowest BCUT2D eigenvalue weighted by Crippen LogP contribution is -2.71. The van der Waals surface area contributed by atoms with E-state index in [2.05, 4.69) is 20.8 Å². The number of amides is 2. The maximum atomic E-state index is 15.0. The smallest absolute Gasteiger partial charge is 0.355 e. The molecule has 0 radical (unpaired) electrons. The number of carbonyl (C=O) groups is 4. The molecule has 0 saturated carbocycles. The second kappa shape index (κ2) is 24.8. The third-order valence-electron chi connectivity index (χ3n) is 13.5. The highest BCUT2D eigenvalue weighted by Gasteiger charge is 2.55. The molecule has 3 aromatic heterocycles. The first-order valence-corrected chi connectivity index (χ1v) is 29.5. The van der Waals surface area contributed by atoms with Crippen LogP contribution in [0.25, 0.3) is 10.2 Å². The van der Waals surface area contributed by atoms with Gasteiger partial charge in [0.2, 0.25) is 6.10 Å². The molecule has 1 unspecified atom stereocenters. The summed E-state index contributed by atoms with van der Waals surface area (Å²) in [5.74, 6) is -1.43. The molecular weight excluding hydrogens is 1100 g/mol. The second-order valence-electron chi connectivity index (χ2n) is 18.7. The van der Waals surface area contributed by atoms with Crippen molar-refractivity contribution in [2.45, 2.75) is 47.0 Å². The Morgan fingerprint density at radius 2 is 1.40 bits per heavy atom. The largest absolute Gasteiger partial charge is 0.497 e. The van der Waals surface area contributed by atoms with E-state index >= 15 is 0 Å². The zero-order chi connectivity index (χ0) is 55.7. The SMILES string of the molecule is COc1ccc(COC(=O)C2=C(CSc3nc4ccncc4s3)CS[C@@H]3C(NC(=O)/C(=N\O[C@@H](C)C(=O)OC(c4ccccc4)c4ccccc4)c4csc(NC(c5ccccc5)(c5ccccc5)c5ccccc5)n4)C(=O)N23)cc1. The number of hydrogen-bond donors (Lipinski definition) is 2. The van der Waals surface area contributed by atoms with Crippen molar-refractivity contribution in [1.29, 1.82) is 0 Å². The van der Waals surface area contributed by atoms with Crippen LogP contribution in [-0.4, -0.2) is 85.5 Å². The van der Waals surface area contributed by atoms with Gasteiger partial charge >= 0.3 is 11.9 Å². The van der Waals surface area contributed by atoms with Crippen LogP contribution in [-0.2, 0) is 45.6 Å². The molecule has 406 valence electrons. The fourth-order valence-electron chi connectivity index (χ4n) is 9.46. The quantitative estimate of drug-likeness (QED) is 0.0173. The van der Waals surface area contributed by atoms with E-state index in [1.165, 1.54) is 58.0 Å². The maximum Gasteiger partial charge on any atom is 0.355 e. The van der Waals surface area contributed by atoms with Gasteiger partial charge < -0.3 is 29.7 Å². The highest BCUT2D eigenvalue weighted by molar-refractivity contribution is 8.02. The van der Waals surface area contributed by atoms with E-state index < -0.39 is 52.9 Å². The molecule has 11 rings (SSSR count). The minimum atomic E-state index is -1.32. The minimum absolute atomic E-state index is 0.0593. The number of pyridine rings is 1. The Balaban J connectivity index is 0.896. The van der Waals surface area contributed by atoms with E-state index in [1.54, 1.807) is 49.1 Å². The molecule has 15 nitrogen and oxygen atoms in total. The zero-order valence-electron chi connectivity index (χ0n) is 43.6. The molecule has 3 atom stereocenters. The molecule has 1 saturated heterocycles. The topological polar surface area (TPSA) is 184 Å². The lowest BCUT2D eigenvalue weighted by Gasteiger charge is -2.49. The van der Waals surface area contributed by atoms with Gasteiger partial charge in [0.15, 0.2) is 21.3 Å². The summed E-state index contributed by atoms with van der Waals surface area (Å²) in [6.07, 6.45) is 1.36. The van der Waals surface area contributed by atoms with Crippen molar-refractivity contribution < 1.29 is 38.2 Å². The van der Waals surface area contributed by atoms with E-state index in [0.29, 0.717) is 28.0 Å². The van der Waals surface area contributed by atoms with Crippen molar-refractivity contribution in [3.8, 4) is 5.75 Å². The van der Waals surface area contributed by atoms with Crippen molar-refractivity contribution in [3.63, 3.8) is 0 Å². The Morgan fingerprint density at radius 1 is 0.790 bits per heavy atom. The van der Waals surface area contributed by atoms with Gasteiger partial charge in [-0.3, -0.25) is 19.5 Å². The fourth-order valence-corrected chi connectivity index (χ4v) is 13.7. The Hall–Kier alpha value is -8.62. The number of thioether (sulfide) groups is 2. The molecular formula is C62H51N7O8S4. The number of hydrogen-bond acceptors (Lipinski definition) is 17. The van der Waals surface area contributed by atoms with Gasteiger partial charge in [-0.25, -0.2) is 19.6 Å². The van der Waals surface area contributed by atoms with Crippen LogP contribution >= 0.6 is 46.2 Å². The first kappa shape index (κ1) is 54.3. The molecule has 81 heavy (non-hydrogen) atoms. The first-order chi connectivity index (χ1) is 39.7. The molecule has 2 aliphatic rings. The van der Waals surface area contributed by atoms with Crippen LogP contribution in [0.2, 0.25) is 0 Å². The molecule has 0 spiro atoms. The zero-order valence-corrected chi connectivity index (χ0v) is 46.9. The average molecular weight is 1150 g/mol. The number of esters is 2. The van der Waals surface area contributed by atoms with Crippen LogP contribution in [0.3, 0.4) is 0 Å². The molecule has 5 heterocycles. The van der Waals surface area contributed by atoms with E-state index in [-0.39, 0.29) is 23.7 Å². The molecule has 2 N–H and O–H groups in total. The lowest BCUT2D eigenvalue weighted by molar-refractivity contribution is -0.160. The van der Waals surface area contributed by atoms with Gasteiger partial charge in [0.05, 0.1) is 17.3 Å². The van der Waals surface area contributed by atoms with E-state index in [4.69, 9.17) is 29.0 Å². The number of β-lactam (4-membered cyclic amide) rings is 1. The van der Waals surface area contributed by atoms with Crippen LogP contribution in [0.4, 0.5) is 5.13 Å². The maximum absolute atomic E-state index is 15.0. The summed E-state index contributed by atoms with van der Waals surface area (Å²) in [4.78, 5) is 79.2. The van der Waals surface area contributed by atoms with Gasteiger partial charge in [0.25, 0.3) is 11.8 Å². The van der Waals surface area contributed by atoms with Crippen LogP contribution in [0.1, 0.15) is 52.1 Å². The summed E-state index contributed by atoms with van der Waals surface area (Å²) in [5, 5.41) is 12.4. The highest BCUT2D eigenvalue weighted by Crippen LogP contribution is 2.44. The number of ether oxygens (including phenoxy) is 3. The number of rotatable bonds is 21. The number of nitrogens with one attached hydrogen (secondary N) is 2. The number of anilines is 1. The summed E-state index contributed by atoms with van der Waals surface area (Å²) < 4.78 is 19.0. The summed E-state index contributed by atoms with van der Waals surface area (Å²) in [5.41, 5.74) is 5.42. The van der Waals surface area contributed by atoms with Gasteiger partial charge in [-0.2, -0.15) is 0 Å². The molecule has 2 aliphatic heterocycles. The molecule has 2 amide bonds. The monoisotopic (exact) mass is 1150 g/mol. The van der Waals surface area contributed by atoms with Crippen molar-refractivity contribution in [2.24, 2.45) is 5.16 Å². The van der Waals surface area contributed by atoms with E-state index in [1.807, 2.05) is 158 Å². The highest BCUT2D eigenvalue weighted by atomic mass is 32.2. The van der Waals surface area contributed by atoms with Crippen LogP contribution in [0.15, 0.2) is 221 Å². The standard InChI is InChI=1S/C62H51N7O8S4/c1-39(58(72)76-54(41-18-8-3-9-19-41)42-20-10-4-11-21-42)77-68-51(49-38-79-60(64-49)67-62(44-22-12-5-13-23-44,45-24-14-6-15-25-45)46-26-16-7-17-27-46)55(70)66-52-56(71)69-53(59(73)75-35-40-28-30-47(74-2)31-29-40)43(36-78-57(52)69)37-80-61-65-48-32-33-63-34-50(48)81-61/h3-34,38-39,52,54,57H,35-37H2,1-2H3,(H,64,67)(H,66,70)/b68-51-/t39-,52?,57+/m0/s1. The Kier molecular flexibility index (Phi) is 16.6. The number of carbonyl (C=O) groups excluding carboxylic acids is 4. The summed E-state index contributed by atoms with van der Waals surface area (Å²) in [7, 11) is 1.57. The average Bonchev–Trinajstić information content (AvgIpc) is 4.29. The van der Waals surface area contributed by atoms with Gasteiger partial charge in [-0.05, 0) is 64.1 Å². The second-order valence-corrected chi connectivity index (χ2v) is 22.9. The molecule has 19 heteroatoms. The number of aromatic nitrogens is 3. The van der Waals surface area contributed by atoms with Crippen molar-refractivity contribution in [1.82, 2.24) is 25.2 Å². The molecule has 1 fully saturated rings. The summed E-state index contributed by atoms with van der Waals surface area (Å²) in [6.45, 7) is 1.42. The predicted octanol–water partition coefficient (Wildman–Crippen LogP) is 11.2. The number of nitrogens with zero attached hydrogens (tertiary/aromatic N) is 5. The van der Waals surface area contributed by atoms with E-state index in [9.17, 15) is 19.2 Å². The Labute approximate surface area is 483 Å². The first-order valence-electron chi connectivity index (χ1n) is 25.7. The normalized spacial score (nSPS) is 15.6. The van der Waals surface area contributed by atoms with Crippen molar-refractivity contribution in [2.75, 3.05) is 23.9 Å². The van der Waals surface area contributed by atoms with Crippen LogP contribution < -0.4 is 15.4 Å². The number of oxime groups is 1. The fraction of sp³-hybridized carbons (Fsp3) is 0.161. The molecule has 0 bridgehead atoms. The molecule has 9 aromatic rings. The third-order valence-corrected chi connectivity index (χ3v) is 17.9. The van der Waals surface area contributed by atoms with E-state index in [0.717, 1.165) is 47.9 Å². The van der Waals surface area contributed by atoms with Gasteiger partial charge in [-0.1, -0.05) is 181 Å². The molecule has 0 aliphatic carbocycles. The Morgan fingerprint density at radius 3 is 1.99 bits per heavy atom. The predicted molar refractivity (Wildman–Crippen MR) is 316 cm³/mol. The van der Waals surface area contributed by atoms with Crippen LogP contribution in [0, 0.1) is 0 Å². The number of fused-ring (bicyclic) bond motifs is 2. The van der Waals surface area contributed by atoms with Crippen molar-refractivity contribution >= 4 is 91.0 Å².